The number of carbonyl (C=O) groups excluding carboxylic acids is 3. The number of hydrogen-bond donors (Lipinski definition) is 2. The van der Waals surface area contributed by atoms with Crippen molar-refractivity contribution < 1.29 is 19.1 Å². The van der Waals surface area contributed by atoms with Crippen LogP contribution in [0.3, 0.4) is 0 Å². The van der Waals surface area contributed by atoms with E-state index >= 15 is 0 Å². The second-order valence-corrected chi connectivity index (χ2v) is 6.69. The Bertz CT molecular complexity index is 842. The quantitative estimate of drug-likeness (QED) is 0.767. The number of amides is 3. The Kier molecular flexibility index (Phi) is 6.62. The van der Waals surface area contributed by atoms with E-state index in [1.165, 1.54) is 0 Å². The fourth-order valence-electron chi connectivity index (χ4n) is 2.81. The molecule has 1 fully saturated rings. The van der Waals surface area contributed by atoms with Gasteiger partial charge in [-0.05, 0) is 29.8 Å². The van der Waals surface area contributed by atoms with Gasteiger partial charge in [-0.3, -0.25) is 14.4 Å². The molecule has 1 aliphatic heterocycles. The van der Waals surface area contributed by atoms with Crippen LogP contribution < -0.4 is 10.6 Å². The summed E-state index contributed by atoms with van der Waals surface area (Å²) in [5.74, 6) is -1.99. The van der Waals surface area contributed by atoms with Crippen LogP contribution in [0.4, 0.5) is 5.69 Å². The van der Waals surface area contributed by atoms with Crippen LogP contribution in [-0.2, 0) is 19.1 Å². The molecule has 1 saturated heterocycles. The van der Waals surface area contributed by atoms with Crippen molar-refractivity contribution in [2.45, 2.75) is 6.10 Å². The zero-order chi connectivity index (χ0) is 19.9. The van der Waals surface area contributed by atoms with Gasteiger partial charge in [0.2, 0.25) is 5.91 Å². The van der Waals surface area contributed by atoms with E-state index < -0.39 is 11.8 Å². The number of nitrogens with zero attached hydrogens (tertiary/aromatic N) is 1. The third-order valence-electron chi connectivity index (χ3n) is 4.30. The number of nitrogens with one attached hydrogen (secondary N) is 2. The highest BCUT2D eigenvalue weighted by molar-refractivity contribution is 6.40. The monoisotopic (exact) mass is 401 g/mol. The fraction of sp³-hybridized carbons (Fsp3) is 0.250. The maximum absolute atomic E-state index is 12.4. The van der Waals surface area contributed by atoms with Crippen LogP contribution in [0.25, 0.3) is 0 Å². The summed E-state index contributed by atoms with van der Waals surface area (Å²) in [5.41, 5.74) is 1.43. The van der Waals surface area contributed by atoms with Gasteiger partial charge in [-0.25, -0.2) is 0 Å². The van der Waals surface area contributed by atoms with Gasteiger partial charge in [0.05, 0.1) is 19.7 Å². The maximum Gasteiger partial charge on any atom is 0.313 e. The second kappa shape index (κ2) is 9.34. The summed E-state index contributed by atoms with van der Waals surface area (Å²) in [6.45, 7) is 0.995. The minimum absolute atomic E-state index is 0.206. The standard InChI is InChI=1S/C20H20ClN3O4/c21-15-6-8-16(9-7-15)23-20(27)19(26)22-12-18(25)24-10-11-28-17(13-24)14-4-2-1-3-5-14/h1-9,17H,10-13H2,(H,22,26)(H,23,27). The first-order chi connectivity index (χ1) is 13.5. The van der Waals surface area contributed by atoms with Crippen molar-refractivity contribution >= 4 is 35.0 Å². The Labute approximate surface area is 167 Å². The first kappa shape index (κ1) is 19.9. The lowest BCUT2D eigenvalue weighted by molar-refractivity contribution is -0.141. The van der Waals surface area contributed by atoms with E-state index in [1.54, 1.807) is 29.2 Å². The predicted molar refractivity (Wildman–Crippen MR) is 105 cm³/mol. The van der Waals surface area contributed by atoms with Gasteiger partial charge in [-0.2, -0.15) is 0 Å². The van der Waals surface area contributed by atoms with Crippen molar-refractivity contribution in [2.75, 3.05) is 31.6 Å². The number of anilines is 1. The first-order valence-electron chi connectivity index (χ1n) is 8.82. The Morgan fingerprint density at radius 3 is 2.46 bits per heavy atom. The molecule has 0 saturated carbocycles. The summed E-state index contributed by atoms with van der Waals surface area (Å²) in [5, 5.41) is 5.32. The Morgan fingerprint density at radius 2 is 1.75 bits per heavy atom. The van der Waals surface area contributed by atoms with Gasteiger partial charge in [0.25, 0.3) is 0 Å². The number of rotatable bonds is 4. The van der Waals surface area contributed by atoms with Crippen LogP contribution >= 0.6 is 11.6 Å². The Morgan fingerprint density at radius 1 is 1.04 bits per heavy atom. The van der Waals surface area contributed by atoms with E-state index in [2.05, 4.69) is 10.6 Å². The van der Waals surface area contributed by atoms with E-state index in [0.717, 1.165) is 5.56 Å². The largest absolute Gasteiger partial charge is 0.370 e. The van der Waals surface area contributed by atoms with Gasteiger partial charge < -0.3 is 20.3 Å². The zero-order valence-electron chi connectivity index (χ0n) is 15.1. The lowest BCUT2D eigenvalue weighted by Crippen LogP contribution is -2.48. The minimum Gasteiger partial charge on any atom is -0.370 e. The first-order valence-corrected chi connectivity index (χ1v) is 9.20. The van der Waals surface area contributed by atoms with Crippen molar-refractivity contribution in [3.63, 3.8) is 0 Å². The van der Waals surface area contributed by atoms with Crippen LogP contribution in [0.2, 0.25) is 5.02 Å². The molecule has 7 nitrogen and oxygen atoms in total. The lowest BCUT2D eigenvalue weighted by Gasteiger charge is -2.33. The van der Waals surface area contributed by atoms with E-state index in [9.17, 15) is 14.4 Å². The predicted octanol–water partition coefficient (Wildman–Crippen LogP) is 1.99. The SMILES string of the molecule is O=C(NCC(=O)N1CCOC(c2ccccc2)C1)C(=O)Nc1ccc(Cl)cc1. The van der Waals surface area contributed by atoms with Crippen LogP contribution in [0, 0.1) is 0 Å². The lowest BCUT2D eigenvalue weighted by atomic mass is 10.1. The number of halogens is 1. The van der Waals surface area contributed by atoms with E-state index in [1.807, 2.05) is 30.3 Å². The topological polar surface area (TPSA) is 87.7 Å². The van der Waals surface area contributed by atoms with Crippen molar-refractivity contribution in [2.24, 2.45) is 0 Å². The zero-order valence-corrected chi connectivity index (χ0v) is 15.8. The number of ether oxygens (including phenoxy) is 1. The molecule has 3 rings (SSSR count). The molecule has 28 heavy (non-hydrogen) atoms. The molecular weight excluding hydrogens is 382 g/mol. The van der Waals surface area contributed by atoms with Crippen LogP contribution in [0.1, 0.15) is 11.7 Å². The van der Waals surface area contributed by atoms with Gasteiger partial charge >= 0.3 is 11.8 Å². The number of benzene rings is 2. The average molecular weight is 402 g/mol. The average Bonchev–Trinajstić information content (AvgIpc) is 2.74. The van der Waals surface area contributed by atoms with Crippen molar-refractivity contribution in [3.05, 3.63) is 65.2 Å². The van der Waals surface area contributed by atoms with Crippen molar-refractivity contribution in [3.8, 4) is 0 Å². The summed E-state index contributed by atoms with van der Waals surface area (Å²) in [6, 6.07) is 16.0. The van der Waals surface area contributed by atoms with Crippen LogP contribution in [0.15, 0.2) is 54.6 Å². The third kappa shape index (κ3) is 5.31. The highest BCUT2D eigenvalue weighted by Crippen LogP contribution is 2.21. The molecular formula is C20H20ClN3O4. The summed E-state index contributed by atoms with van der Waals surface area (Å²) < 4.78 is 5.73. The summed E-state index contributed by atoms with van der Waals surface area (Å²) >= 11 is 5.78. The fourth-order valence-corrected chi connectivity index (χ4v) is 2.94. The summed E-state index contributed by atoms with van der Waals surface area (Å²) in [7, 11) is 0. The van der Waals surface area contributed by atoms with Crippen molar-refractivity contribution in [1.82, 2.24) is 10.2 Å². The molecule has 0 aromatic heterocycles. The third-order valence-corrected chi connectivity index (χ3v) is 4.55. The molecule has 0 spiro atoms. The molecule has 1 unspecified atom stereocenters. The highest BCUT2D eigenvalue weighted by Gasteiger charge is 2.26. The molecule has 146 valence electrons. The molecule has 8 heteroatoms. The molecule has 0 bridgehead atoms. The smallest absolute Gasteiger partial charge is 0.313 e. The minimum atomic E-state index is -0.879. The van der Waals surface area contributed by atoms with E-state index in [0.29, 0.717) is 30.4 Å². The van der Waals surface area contributed by atoms with Gasteiger partial charge in [0, 0.05) is 17.3 Å². The summed E-state index contributed by atoms with van der Waals surface area (Å²) in [4.78, 5) is 37.9. The maximum atomic E-state index is 12.4. The Hall–Kier alpha value is -2.90. The number of carbonyl (C=O) groups is 3. The van der Waals surface area contributed by atoms with E-state index in [4.69, 9.17) is 16.3 Å². The molecule has 2 N–H and O–H groups in total. The van der Waals surface area contributed by atoms with Crippen molar-refractivity contribution in [1.29, 1.82) is 0 Å². The van der Waals surface area contributed by atoms with Gasteiger partial charge in [0.1, 0.15) is 6.10 Å². The second-order valence-electron chi connectivity index (χ2n) is 6.25. The molecule has 1 aliphatic rings. The number of morpholine rings is 1. The number of hydrogen-bond acceptors (Lipinski definition) is 4. The van der Waals surface area contributed by atoms with Gasteiger partial charge in [-0.15, -0.1) is 0 Å². The molecule has 3 amide bonds. The molecule has 1 atom stereocenters. The highest BCUT2D eigenvalue weighted by atomic mass is 35.5. The molecule has 1 heterocycles. The van der Waals surface area contributed by atoms with Gasteiger partial charge in [0.15, 0.2) is 0 Å². The van der Waals surface area contributed by atoms with Crippen LogP contribution in [-0.4, -0.2) is 48.9 Å². The molecule has 2 aromatic rings. The Balaban J connectivity index is 1.48. The van der Waals surface area contributed by atoms with E-state index in [-0.39, 0.29) is 18.6 Å². The summed E-state index contributed by atoms with van der Waals surface area (Å²) in [6.07, 6.45) is -0.206. The molecule has 0 radical (unpaired) electrons. The van der Waals surface area contributed by atoms with Gasteiger partial charge in [-0.1, -0.05) is 41.9 Å². The van der Waals surface area contributed by atoms with Crippen LogP contribution in [0.5, 0.6) is 0 Å². The molecule has 2 aromatic carbocycles. The molecule has 0 aliphatic carbocycles. The normalized spacial score (nSPS) is 16.3.